The molecule has 6 aromatic rings. The Morgan fingerprint density at radius 1 is 0.915 bits per heavy atom. The predicted octanol–water partition coefficient (Wildman–Crippen LogP) is 6.94. The molecule has 0 radical (unpaired) electrons. The van der Waals surface area contributed by atoms with Crippen molar-refractivity contribution in [3.63, 3.8) is 0 Å². The van der Waals surface area contributed by atoms with Gasteiger partial charge in [-0.05, 0) is 90.3 Å². The number of nitrogens with zero attached hydrogens (tertiary/aromatic N) is 6. The fourth-order valence-corrected chi connectivity index (χ4v) is 8.61. The zero-order valence-corrected chi connectivity index (χ0v) is 29.6. The van der Waals surface area contributed by atoms with E-state index in [1.807, 2.05) is 69.1 Å². The fraction of sp³-hybridized carbons (Fsp3) is 0.353. The molecule has 1 N–H and O–H groups in total. The third kappa shape index (κ3) is 6.47. The van der Waals surface area contributed by atoms with Crippen LogP contribution in [-0.4, -0.2) is 44.7 Å². The molecule has 0 unspecified atom stereocenters. The number of aromatic nitrogens is 6. The number of nitrogens with one attached hydrogen (secondary N) is 1. The van der Waals surface area contributed by atoms with E-state index >= 15 is 0 Å². The highest BCUT2D eigenvalue weighted by Crippen LogP contribution is 2.38. The number of hydrogen-bond donors (Lipinski definition) is 1. The molecule has 5 aromatic heterocycles. The van der Waals surface area contributed by atoms with Gasteiger partial charge in [-0.1, -0.05) is 23.4 Å². The van der Waals surface area contributed by atoms with Crippen molar-refractivity contribution in [1.29, 1.82) is 0 Å². The minimum atomic E-state index is -3.96. The Labute approximate surface area is 278 Å². The first-order valence-electron chi connectivity index (χ1n) is 15.4. The number of thiophene rings is 1. The van der Waals surface area contributed by atoms with Crippen molar-refractivity contribution in [2.75, 3.05) is 11.3 Å². The number of pyridine rings is 1. The third-order valence-corrected chi connectivity index (χ3v) is 11.1. The lowest BCUT2D eigenvalue weighted by atomic mass is 9.99. The van der Waals surface area contributed by atoms with Crippen LogP contribution in [0.1, 0.15) is 62.7 Å². The number of anilines is 1. The highest BCUT2D eigenvalue weighted by Gasteiger charge is 2.27. The van der Waals surface area contributed by atoms with Crippen LogP contribution in [0.5, 0.6) is 0 Å². The maximum atomic E-state index is 13.7. The van der Waals surface area contributed by atoms with E-state index in [-0.39, 0.29) is 10.0 Å². The maximum Gasteiger partial charge on any atom is 0.273 e. The molecule has 0 spiro atoms. The molecule has 0 aliphatic carbocycles. The lowest BCUT2D eigenvalue weighted by Gasteiger charge is -2.14. The van der Waals surface area contributed by atoms with Crippen LogP contribution >= 0.6 is 11.3 Å². The Morgan fingerprint density at radius 2 is 1.70 bits per heavy atom. The van der Waals surface area contributed by atoms with E-state index in [0.29, 0.717) is 43.2 Å². The molecule has 246 valence electrons. The van der Waals surface area contributed by atoms with E-state index in [9.17, 15) is 8.42 Å². The standard InChI is InChI=1S/C34H39N7O4S2/c1-9-44-18-27-15-26(10-11-28(27)29-14-22(5)46-34(29)47(42,43)39-33-23(6)25(8)45-38-33)16-41-31-13-19(2)35-24(7)32(31)30(37-41)17-40-21(4)12-20(3)36-40/h10-15H,9,16-18H2,1-8H3,(H,38,39). The molecule has 0 amide bonds. The van der Waals surface area contributed by atoms with Gasteiger partial charge in [0.05, 0.1) is 36.6 Å². The summed E-state index contributed by atoms with van der Waals surface area (Å²) >= 11 is 1.22. The molecule has 0 fully saturated rings. The van der Waals surface area contributed by atoms with Crippen LogP contribution in [0.25, 0.3) is 22.0 Å². The lowest BCUT2D eigenvalue weighted by molar-refractivity contribution is 0.134. The molecule has 0 aliphatic heterocycles. The molecule has 13 heteroatoms. The van der Waals surface area contributed by atoms with E-state index < -0.39 is 10.0 Å². The maximum absolute atomic E-state index is 13.7. The second kappa shape index (κ2) is 12.7. The zero-order chi connectivity index (χ0) is 33.6. The first-order valence-corrected chi connectivity index (χ1v) is 17.7. The first-order chi connectivity index (χ1) is 22.3. The fourth-order valence-electron chi connectivity index (χ4n) is 5.91. The van der Waals surface area contributed by atoms with Crippen LogP contribution in [0.2, 0.25) is 0 Å². The minimum absolute atomic E-state index is 0.189. The van der Waals surface area contributed by atoms with Crippen LogP contribution in [0.4, 0.5) is 5.82 Å². The minimum Gasteiger partial charge on any atom is -0.377 e. The summed E-state index contributed by atoms with van der Waals surface area (Å²) in [7, 11) is -3.96. The molecule has 0 atom stereocenters. The van der Waals surface area contributed by atoms with Crippen molar-refractivity contribution >= 4 is 38.1 Å². The van der Waals surface area contributed by atoms with E-state index in [2.05, 4.69) is 33.2 Å². The monoisotopic (exact) mass is 673 g/mol. The van der Waals surface area contributed by atoms with Gasteiger partial charge in [0.2, 0.25) is 0 Å². The van der Waals surface area contributed by atoms with Crippen molar-refractivity contribution in [2.45, 2.75) is 79.3 Å². The number of benzene rings is 1. The summed E-state index contributed by atoms with van der Waals surface area (Å²) in [5.41, 5.74) is 9.79. The van der Waals surface area contributed by atoms with Gasteiger partial charge in [-0.3, -0.25) is 19.1 Å². The van der Waals surface area contributed by atoms with Gasteiger partial charge in [0.25, 0.3) is 10.0 Å². The van der Waals surface area contributed by atoms with Gasteiger partial charge in [0.1, 0.15) is 9.97 Å². The van der Waals surface area contributed by atoms with Gasteiger partial charge in [-0.2, -0.15) is 10.2 Å². The summed E-state index contributed by atoms with van der Waals surface area (Å²) < 4.78 is 45.3. The summed E-state index contributed by atoms with van der Waals surface area (Å²) in [5.74, 6) is 0.749. The second-order valence-corrected chi connectivity index (χ2v) is 15.1. The van der Waals surface area contributed by atoms with Crippen LogP contribution in [0.15, 0.2) is 45.1 Å². The lowest BCUT2D eigenvalue weighted by Crippen LogP contribution is -2.13. The number of aryl methyl sites for hydroxylation is 6. The molecule has 1 aromatic carbocycles. The predicted molar refractivity (Wildman–Crippen MR) is 184 cm³/mol. The summed E-state index contributed by atoms with van der Waals surface area (Å²) in [6.45, 7) is 17.3. The highest BCUT2D eigenvalue weighted by atomic mass is 32.2. The summed E-state index contributed by atoms with van der Waals surface area (Å²) in [4.78, 5) is 5.62. The molecule has 0 bridgehead atoms. The van der Waals surface area contributed by atoms with Gasteiger partial charge < -0.3 is 9.26 Å². The zero-order valence-electron chi connectivity index (χ0n) is 27.9. The molecule has 0 saturated carbocycles. The van der Waals surface area contributed by atoms with Crippen molar-refractivity contribution < 1.29 is 17.7 Å². The van der Waals surface area contributed by atoms with Crippen LogP contribution in [0, 0.1) is 48.5 Å². The van der Waals surface area contributed by atoms with Gasteiger partial charge in [0, 0.05) is 45.1 Å². The average Bonchev–Trinajstić information content (AvgIpc) is 3.74. The van der Waals surface area contributed by atoms with Gasteiger partial charge in [-0.15, -0.1) is 11.3 Å². The molecule has 6 rings (SSSR count). The van der Waals surface area contributed by atoms with Crippen molar-refractivity contribution in [3.8, 4) is 11.1 Å². The number of hydrogen-bond acceptors (Lipinski definition) is 9. The van der Waals surface area contributed by atoms with Crippen molar-refractivity contribution in [3.05, 3.63) is 92.2 Å². The molecule has 47 heavy (non-hydrogen) atoms. The summed E-state index contributed by atoms with van der Waals surface area (Å²) in [5, 5.41) is 14.7. The van der Waals surface area contributed by atoms with Crippen molar-refractivity contribution in [1.82, 2.24) is 29.7 Å². The quantitative estimate of drug-likeness (QED) is 0.157. The molecule has 11 nitrogen and oxygen atoms in total. The Kier molecular flexibility index (Phi) is 8.81. The van der Waals surface area contributed by atoms with Gasteiger partial charge >= 0.3 is 0 Å². The normalized spacial score (nSPS) is 12.0. The number of fused-ring (bicyclic) bond motifs is 1. The van der Waals surface area contributed by atoms with E-state index in [1.54, 1.807) is 13.8 Å². The van der Waals surface area contributed by atoms with Crippen LogP contribution in [-0.2, 0) is 34.5 Å². The van der Waals surface area contributed by atoms with Crippen molar-refractivity contribution in [2.24, 2.45) is 0 Å². The number of sulfonamides is 1. The third-order valence-electron chi connectivity index (χ3n) is 8.23. The first kappa shape index (κ1) is 32.6. The highest BCUT2D eigenvalue weighted by molar-refractivity contribution is 7.94. The van der Waals surface area contributed by atoms with E-state index in [4.69, 9.17) is 19.3 Å². The Balaban J connectivity index is 1.39. The molecule has 0 aliphatic rings. The molecular formula is C34H39N7O4S2. The van der Waals surface area contributed by atoms with E-state index in [0.717, 1.165) is 60.9 Å². The Morgan fingerprint density at radius 3 is 2.38 bits per heavy atom. The van der Waals surface area contributed by atoms with Crippen LogP contribution in [0.3, 0.4) is 0 Å². The van der Waals surface area contributed by atoms with Gasteiger partial charge in [0.15, 0.2) is 5.82 Å². The Bertz CT molecular complexity index is 2220. The summed E-state index contributed by atoms with van der Waals surface area (Å²) in [6, 6.07) is 12.1. The largest absolute Gasteiger partial charge is 0.377 e. The van der Waals surface area contributed by atoms with Crippen LogP contribution < -0.4 is 4.72 Å². The Hall–Kier alpha value is -4.33. The molecular weight excluding hydrogens is 635 g/mol. The molecule has 5 heterocycles. The topological polar surface area (TPSA) is 130 Å². The summed E-state index contributed by atoms with van der Waals surface area (Å²) in [6.07, 6.45) is 0. The number of rotatable bonds is 11. The van der Waals surface area contributed by atoms with Gasteiger partial charge in [-0.25, -0.2) is 8.42 Å². The smallest absolute Gasteiger partial charge is 0.273 e. The second-order valence-electron chi connectivity index (χ2n) is 11.9. The SMILES string of the molecule is CCOCc1cc(Cn2nc(Cn3nc(C)cc3C)c3c(C)nc(C)cc32)ccc1-c1cc(C)sc1S(=O)(=O)Nc1noc(C)c1C. The average molecular weight is 674 g/mol. The number of ether oxygens (including phenoxy) is 1. The van der Waals surface area contributed by atoms with E-state index in [1.165, 1.54) is 11.3 Å². The molecule has 0 saturated heterocycles.